The lowest BCUT2D eigenvalue weighted by Crippen LogP contribution is -2.40. The number of methoxy groups -OCH3 is 2. The number of nitrogens with one attached hydrogen (secondary N) is 2. The molecule has 1 aliphatic heterocycles. The van der Waals surface area contributed by atoms with Crippen LogP contribution in [0.5, 0.6) is 11.5 Å². The van der Waals surface area contributed by atoms with Gasteiger partial charge < -0.3 is 29.7 Å². The van der Waals surface area contributed by atoms with Crippen molar-refractivity contribution in [3.63, 3.8) is 0 Å². The molecular weight excluding hydrogens is 531 g/mol. The Morgan fingerprint density at radius 2 is 1.91 bits per heavy atom. The summed E-state index contributed by atoms with van der Waals surface area (Å²) in [4.78, 5) is 6.79. The summed E-state index contributed by atoms with van der Waals surface area (Å²) in [6, 6.07) is 14.5. The van der Waals surface area contributed by atoms with E-state index in [9.17, 15) is 0 Å². The maximum Gasteiger partial charge on any atom is 0.191 e. The van der Waals surface area contributed by atoms with Crippen molar-refractivity contribution in [2.75, 3.05) is 59.0 Å². The Bertz CT molecular complexity index is 894. The number of aryl methyl sites for hydroxylation is 1. The number of para-hydroxylation sites is 2. The topological polar surface area (TPSA) is 67.4 Å². The average Bonchev–Trinajstić information content (AvgIpc) is 3.29. The molecule has 1 unspecified atom stereocenters. The van der Waals surface area contributed by atoms with Crippen LogP contribution in [0, 0.1) is 12.8 Å². The number of halogens is 1. The molecule has 1 fully saturated rings. The van der Waals surface area contributed by atoms with Gasteiger partial charge in [0.25, 0.3) is 0 Å². The van der Waals surface area contributed by atoms with E-state index in [4.69, 9.17) is 14.2 Å². The van der Waals surface area contributed by atoms with Crippen molar-refractivity contribution >= 4 is 35.6 Å². The van der Waals surface area contributed by atoms with Gasteiger partial charge >= 0.3 is 0 Å². The van der Waals surface area contributed by atoms with Gasteiger partial charge in [0.1, 0.15) is 18.1 Å². The van der Waals surface area contributed by atoms with Crippen LogP contribution in [0.15, 0.2) is 47.5 Å². The normalized spacial score (nSPS) is 15.7. The van der Waals surface area contributed by atoms with Crippen molar-refractivity contribution < 1.29 is 14.2 Å². The van der Waals surface area contributed by atoms with Crippen LogP contribution in [0.1, 0.15) is 17.5 Å². The molecule has 1 heterocycles. The number of hydrogen-bond donors (Lipinski definition) is 2. The zero-order chi connectivity index (χ0) is 22.8. The van der Waals surface area contributed by atoms with E-state index >= 15 is 0 Å². The number of ether oxygens (including phenoxy) is 3. The third kappa shape index (κ3) is 7.96. The molecule has 8 heteroatoms. The molecule has 1 saturated heterocycles. The first-order valence-electron chi connectivity index (χ1n) is 11.2. The molecule has 0 saturated carbocycles. The van der Waals surface area contributed by atoms with Gasteiger partial charge in [-0.3, -0.25) is 4.99 Å². The zero-order valence-corrected chi connectivity index (χ0v) is 22.4. The van der Waals surface area contributed by atoms with Gasteiger partial charge in [-0.05, 0) is 43.0 Å². The summed E-state index contributed by atoms with van der Waals surface area (Å²) in [6.45, 7) is 6.71. The highest BCUT2D eigenvalue weighted by atomic mass is 127. The fraction of sp³-hybridized carbons (Fsp3) is 0.480. The molecule has 0 bridgehead atoms. The van der Waals surface area contributed by atoms with E-state index in [0.717, 1.165) is 49.1 Å². The highest BCUT2D eigenvalue weighted by Gasteiger charge is 2.24. The predicted molar refractivity (Wildman–Crippen MR) is 145 cm³/mol. The van der Waals surface area contributed by atoms with Gasteiger partial charge in [0.15, 0.2) is 5.96 Å². The fourth-order valence-corrected chi connectivity index (χ4v) is 3.93. The van der Waals surface area contributed by atoms with E-state index in [1.54, 1.807) is 21.3 Å². The van der Waals surface area contributed by atoms with Crippen LogP contribution < -0.4 is 25.0 Å². The summed E-state index contributed by atoms with van der Waals surface area (Å²) in [6.07, 6.45) is 1.14. The Hall–Kier alpha value is -2.20. The minimum atomic E-state index is 0. The fourth-order valence-electron chi connectivity index (χ4n) is 3.93. The van der Waals surface area contributed by atoms with Gasteiger partial charge in [-0.25, -0.2) is 0 Å². The van der Waals surface area contributed by atoms with Gasteiger partial charge in [0.2, 0.25) is 0 Å². The minimum absolute atomic E-state index is 0. The van der Waals surface area contributed by atoms with Crippen LogP contribution in [0.3, 0.4) is 0 Å². The minimum Gasteiger partial charge on any atom is -0.495 e. The Labute approximate surface area is 214 Å². The molecular formula is C25H37IN4O3. The van der Waals surface area contributed by atoms with Crippen molar-refractivity contribution in [2.45, 2.75) is 19.9 Å². The maximum atomic E-state index is 5.90. The summed E-state index contributed by atoms with van der Waals surface area (Å²) < 4.78 is 16.5. The van der Waals surface area contributed by atoms with Crippen LogP contribution in [-0.2, 0) is 11.3 Å². The molecule has 3 rings (SSSR count). The average molecular weight is 569 g/mol. The highest BCUT2D eigenvalue weighted by molar-refractivity contribution is 14.0. The number of benzene rings is 2. The van der Waals surface area contributed by atoms with Gasteiger partial charge in [-0.15, -0.1) is 24.0 Å². The second-order valence-electron chi connectivity index (χ2n) is 8.03. The molecule has 1 aliphatic rings. The molecule has 0 aromatic heterocycles. The SMILES string of the molecule is CN=C(NCc1ccc(C)cc1OCCOC)NCC1CCN(c2ccccc2OC)C1.I. The maximum absolute atomic E-state index is 5.90. The third-order valence-corrected chi connectivity index (χ3v) is 5.71. The summed E-state index contributed by atoms with van der Waals surface area (Å²) in [5, 5.41) is 6.90. The molecule has 1 atom stereocenters. The standard InChI is InChI=1S/C25H36N4O3.HI/c1-19-9-10-21(24(15-19)32-14-13-30-3)17-28-25(26-2)27-16-20-11-12-29(18-20)22-7-5-6-8-23(22)31-4;/h5-10,15,20H,11-14,16-18H2,1-4H3,(H2,26,27,28);1H. The van der Waals surface area contributed by atoms with Gasteiger partial charge in [-0.1, -0.05) is 24.3 Å². The van der Waals surface area contributed by atoms with E-state index in [1.165, 1.54) is 11.3 Å². The Morgan fingerprint density at radius 3 is 2.67 bits per heavy atom. The lowest BCUT2D eigenvalue weighted by molar-refractivity contribution is 0.145. The Balaban J connectivity index is 0.00000385. The van der Waals surface area contributed by atoms with Crippen molar-refractivity contribution in [1.29, 1.82) is 0 Å². The molecule has 2 aromatic rings. The van der Waals surface area contributed by atoms with Crippen LogP contribution >= 0.6 is 24.0 Å². The number of guanidine groups is 1. The van der Waals surface area contributed by atoms with Crippen molar-refractivity contribution in [2.24, 2.45) is 10.9 Å². The van der Waals surface area contributed by atoms with Crippen LogP contribution in [0.25, 0.3) is 0 Å². The van der Waals surface area contributed by atoms with E-state index in [0.29, 0.717) is 25.7 Å². The number of hydrogen-bond acceptors (Lipinski definition) is 5. The third-order valence-electron chi connectivity index (χ3n) is 5.71. The van der Waals surface area contributed by atoms with Gasteiger partial charge in [0, 0.05) is 45.9 Å². The van der Waals surface area contributed by atoms with Crippen LogP contribution in [0.2, 0.25) is 0 Å². The second kappa shape index (κ2) is 14.1. The molecule has 2 N–H and O–H groups in total. The van der Waals surface area contributed by atoms with E-state index < -0.39 is 0 Å². The number of anilines is 1. The van der Waals surface area contributed by atoms with Crippen molar-refractivity contribution in [3.8, 4) is 11.5 Å². The summed E-state index contributed by atoms with van der Waals surface area (Å²) in [5.41, 5.74) is 3.43. The van der Waals surface area contributed by atoms with Crippen molar-refractivity contribution in [3.05, 3.63) is 53.6 Å². The first-order chi connectivity index (χ1) is 15.6. The molecule has 7 nitrogen and oxygen atoms in total. The number of nitrogens with zero attached hydrogens (tertiary/aromatic N) is 2. The lowest BCUT2D eigenvalue weighted by Gasteiger charge is -2.21. The summed E-state index contributed by atoms with van der Waals surface area (Å²) >= 11 is 0. The monoisotopic (exact) mass is 568 g/mol. The van der Waals surface area contributed by atoms with Gasteiger partial charge in [-0.2, -0.15) is 0 Å². The summed E-state index contributed by atoms with van der Waals surface area (Å²) in [7, 11) is 5.21. The molecule has 0 aliphatic carbocycles. The zero-order valence-electron chi connectivity index (χ0n) is 20.1. The summed E-state index contributed by atoms with van der Waals surface area (Å²) in [5.74, 6) is 3.16. The van der Waals surface area contributed by atoms with E-state index in [1.807, 2.05) is 12.1 Å². The second-order valence-corrected chi connectivity index (χ2v) is 8.03. The molecule has 0 amide bonds. The quantitative estimate of drug-likeness (QED) is 0.197. The predicted octanol–water partition coefficient (Wildman–Crippen LogP) is 3.84. The van der Waals surface area contributed by atoms with E-state index in [2.05, 4.69) is 57.8 Å². The smallest absolute Gasteiger partial charge is 0.191 e. The lowest BCUT2D eigenvalue weighted by atomic mass is 10.1. The molecule has 2 aromatic carbocycles. The first kappa shape index (κ1) is 27.0. The van der Waals surface area contributed by atoms with Crippen LogP contribution in [0.4, 0.5) is 5.69 Å². The Morgan fingerprint density at radius 1 is 1.09 bits per heavy atom. The molecule has 0 spiro atoms. The van der Waals surface area contributed by atoms with Crippen LogP contribution in [-0.4, -0.2) is 60.1 Å². The van der Waals surface area contributed by atoms with Crippen molar-refractivity contribution in [1.82, 2.24) is 10.6 Å². The van der Waals surface area contributed by atoms with Gasteiger partial charge in [0.05, 0.1) is 19.4 Å². The molecule has 0 radical (unpaired) electrons. The highest BCUT2D eigenvalue weighted by Crippen LogP contribution is 2.31. The number of aliphatic imine (C=N–C) groups is 1. The largest absolute Gasteiger partial charge is 0.495 e. The molecule has 33 heavy (non-hydrogen) atoms. The Kier molecular flexibility index (Phi) is 11.6. The number of rotatable bonds is 10. The van der Waals surface area contributed by atoms with E-state index in [-0.39, 0.29) is 24.0 Å². The first-order valence-corrected chi connectivity index (χ1v) is 11.2. The molecule has 182 valence electrons.